The Bertz CT molecular complexity index is 527. The zero-order valence-corrected chi connectivity index (χ0v) is 11.0. The van der Waals surface area contributed by atoms with E-state index in [4.69, 9.17) is 16.3 Å². The van der Waals surface area contributed by atoms with Crippen molar-refractivity contribution in [2.45, 2.75) is 31.3 Å². The normalized spacial score (nSPS) is 28.7. The molecule has 2 aliphatic rings. The first kappa shape index (κ1) is 12.4. The number of rotatable bonds is 3. The van der Waals surface area contributed by atoms with Crippen LogP contribution in [0.1, 0.15) is 19.3 Å². The number of anilines is 1. The van der Waals surface area contributed by atoms with Crippen molar-refractivity contribution in [2.24, 2.45) is 5.92 Å². The number of carbonyl (C=O) groups is 1. The van der Waals surface area contributed by atoms with Gasteiger partial charge in [0.15, 0.2) is 0 Å². The van der Waals surface area contributed by atoms with Gasteiger partial charge in [-0.25, -0.2) is 0 Å². The molecule has 3 atom stereocenters. The molecule has 3 heterocycles. The molecule has 0 aromatic carbocycles. The van der Waals surface area contributed by atoms with Gasteiger partial charge in [-0.3, -0.25) is 4.79 Å². The third-order valence-electron chi connectivity index (χ3n) is 3.84. The zero-order valence-electron chi connectivity index (χ0n) is 10.3. The third-order valence-corrected chi connectivity index (χ3v) is 4.01. The monoisotopic (exact) mass is 284 g/mol. The van der Waals surface area contributed by atoms with Gasteiger partial charge in [0, 0.05) is 12.1 Å². The van der Waals surface area contributed by atoms with E-state index in [1.54, 1.807) is 0 Å². The van der Waals surface area contributed by atoms with Crippen molar-refractivity contribution in [3.8, 4) is 6.01 Å². The third kappa shape index (κ3) is 1.98. The molecular weight excluding hydrogens is 272 g/mol. The molecule has 0 saturated carbocycles. The molecule has 2 aliphatic heterocycles. The van der Waals surface area contributed by atoms with Gasteiger partial charge in [0.1, 0.15) is 0 Å². The van der Waals surface area contributed by atoms with E-state index >= 15 is 0 Å². The second-order valence-corrected chi connectivity index (χ2v) is 5.12. The highest BCUT2D eigenvalue weighted by atomic mass is 35.5. The highest BCUT2D eigenvalue weighted by Crippen LogP contribution is 2.43. The number of hydrogen-bond donors (Lipinski definition) is 1. The van der Waals surface area contributed by atoms with Crippen LogP contribution in [0, 0.1) is 5.92 Å². The molecule has 3 rings (SSSR count). The fourth-order valence-corrected chi connectivity index (χ4v) is 3.24. The van der Waals surface area contributed by atoms with Gasteiger partial charge in [-0.05, 0) is 30.9 Å². The Hall–Kier alpha value is -1.63. The Labute approximate surface area is 114 Å². The van der Waals surface area contributed by atoms with Gasteiger partial charge in [-0.15, -0.1) is 0 Å². The van der Waals surface area contributed by atoms with E-state index in [2.05, 4.69) is 15.0 Å². The summed E-state index contributed by atoms with van der Waals surface area (Å²) in [6.07, 6.45) is 2.43. The van der Waals surface area contributed by atoms with Crippen LogP contribution in [0.15, 0.2) is 0 Å². The molecule has 0 spiro atoms. The van der Waals surface area contributed by atoms with Gasteiger partial charge in [0.05, 0.1) is 13.0 Å². The summed E-state index contributed by atoms with van der Waals surface area (Å²) in [5.74, 6) is -0.710. The van der Waals surface area contributed by atoms with Gasteiger partial charge in [-0.2, -0.15) is 15.0 Å². The van der Waals surface area contributed by atoms with E-state index in [1.165, 1.54) is 7.11 Å². The quantitative estimate of drug-likeness (QED) is 0.885. The van der Waals surface area contributed by atoms with Gasteiger partial charge in [-0.1, -0.05) is 0 Å². The van der Waals surface area contributed by atoms with E-state index in [9.17, 15) is 9.90 Å². The van der Waals surface area contributed by atoms with Crippen LogP contribution in [-0.2, 0) is 4.79 Å². The summed E-state index contributed by atoms with van der Waals surface area (Å²) in [4.78, 5) is 25.3. The van der Waals surface area contributed by atoms with Crippen molar-refractivity contribution >= 4 is 23.5 Å². The van der Waals surface area contributed by atoms with Crippen LogP contribution in [0.5, 0.6) is 6.01 Å². The summed E-state index contributed by atoms with van der Waals surface area (Å²) in [5, 5.41) is 9.28. The van der Waals surface area contributed by atoms with Crippen molar-refractivity contribution in [1.82, 2.24) is 15.0 Å². The van der Waals surface area contributed by atoms with Crippen LogP contribution in [0.25, 0.3) is 0 Å². The maximum Gasteiger partial charge on any atom is 0.322 e. The van der Waals surface area contributed by atoms with Gasteiger partial charge in [0.25, 0.3) is 0 Å². The summed E-state index contributed by atoms with van der Waals surface area (Å²) in [5.41, 5.74) is 0. The fourth-order valence-electron chi connectivity index (χ4n) is 3.09. The predicted molar refractivity (Wildman–Crippen MR) is 66.4 cm³/mol. The first-order valence-electron chi connectivity index (χ1n) is 6.07. The second kappa shape index (κ2) is 4.48. The van der Waals surface area contributed by atoms with Crippen molar-refractivity contribution < 1.29 is 14.6 Å². The number of fused-ring (bicyclic) bond motifs is 2. The summed E-state index contributed by atoms with van der Waals surface area (Å²) in [6.45, 7) is 0. The molecule has 102 valence electrons. The maximum atomic E-state index is 11.2. The Morgan fingerprint density at radius 2 is 2.21 bits per heavy atom. The number of aliphatic carboxylic acids is 1. The Kier molecular flexibility index (Phi) is 2.93. The number of halogens is 1. The van der Waals surface area contributed by atoms with Gasteiger partial charge in [0.2, 0.25) is 11.2 Å². The lowest BCUT2D eigenvalue weighted by Crippen LogP contribution is -2.34. The SMILES string of the molecule is COc1nc(Cl)nc(N2C3CCC2C(C(=O)O)C3)n1. The summed E-state index contributed by atoms with van der Waals surface area (Å²) >= 11 is 5.84. The highest BCUT2D eigenvalue weighted by molar-refractivity contribution is 6.28. The molecule has 8 heteroatoms. The molecule has 2 fully saturated rings. The fraction of sp³-hybridized carbons (Fsp3) is 0.636. The van der Waals surface area contributed by atoms with Crippen molar-refractivity contribution in [3.05, 3.63) is 5.28 Å². The topological polar surface area (TPSA) is 88.4 Å². The summed E-state index contributed by atoms with van der Waals surface area (Å²) in [6, 6.07) is 0.244. The van der Waals surface area contributed by atoms with Crippen LogP contribution >= 0.6 is 11.6 Å². The largest absolute Gasteiger partial charge is 0.481 e. The van der Waals surface area contributed by atoms with E-state index < -0.39 is 5.97 Å². The van der Waals surface area contributed by atoms with Gasteiger partial charge < -0.3 is 14.7 Å². The Balaban J connectivity index is 1.95. The van der Waals surface area contributed by atoms with Crippen LogP contribution in [0.2, 0.25) is 5.28 Å². The van der Waals surface area contributed by atoms with Crippen LogP contribution < -0.4 is 9.64 Å². The summed E-state index contributed by atoms with van der Waals surface area (Å²) in [7, 11) is 1.45. The standard InChI is InChI=1S/C11H13ClN4O3/c1-19-11-14-9(12)13-10(15-11)16-5-2-3-7(16)6(4-5)8(17)18/h5-7H,2-4H2,1H3,(H,17,18). The molecule has 2 saturated heterocycles. The average molecular weight is 285 g/mol. The Morgan fingerprint density at radius 3 is 2.84 bits per heavy atom. The molecule has 7 nitrogen and oxygen atoms in total. The number of ether oxygens (including phenoxy) is 1. The van der Waals surface area contributed by atoms with Crippen molar-refractivity contribution in [1.29, 1.82) is 0 Å². The minimum Gasteiger partial charge on any atom is -0.481 e. The number of carboxylic acid groups (broad SMARTS) is 1. The zero-order chi connectivity index (χ0) is 13.6. The van der Waals surface area contributed by atoms with Crippen molar-refractivity contribution in [3.63, 3.8) is 0 Å². The lowest BCUT2D eigenvalue weighted by Gasteiger charge is -2.22. The number of nitrogens with zero attached hydrogens (tertiary/aromatic N) is 4. The molecule has 2 bridgehead atoms. The Morgan fingerprint density at radius 1 is 1.42 bits per heavy atom. The molecule has 1 aromatic rings. The van der Waals surface area contributed by atoms with Crippen LogP contribution in [0.3, 0.4) is 0 Å². The maximum absolute atomic E-state index is 11.2. The first-order chi connectivity index (χ1) is 9.10. The highest BCUT2D eigenvalue weighted by Gasteiger charge is 2.50. The second-order valence-electron chi connectivity index (χ2n) is 4.78. The smallest absolute Gasteiger partial charge is 0.322 e. The molecule has 0 radical (unpaired) electrons. The molecule has 19 heavy (non-hydrogen) atoms. The number of methoxy groups -OCH3 is 1. The van der Waals surface area contributed by atoms with E-state index in [0.29, 0.717) is 12.4 Å². The summed E-state index contributed by atoms with van der Waals surface area (Å²) < 4.78 is 4.97. The molecule has 0 amide bonds. The minimum atomic E-state index is -0.760. The number of carboxylic acids is 1. The predicted octanol–water partition coefficient (Wildman–Crippen LogP) is 0.975. The van der Waals surface area contributed by atoms with Crippen LogP contribution in [0.4, 0.5) is 5.95 Å². The molecular formula is C11H13ClN4O3. The average Bonchev–Trinajstić information content (AvgIpc) is 2.95. The van der Waals surface area contributed by atoms with E-state index in [1.807, 2.05) is 4.90 Å². The van der Waals surface area contributed by atoms with E-state index in [-0.39, 0.29) is 29.3 Å². The molecule has 1 N–H and O–H groups in total. The first-order valence-corrected chi connectivity index (χ1v) is 6.44. The van der Waals surface area contributed by atoms with E-state index in [0.717, 1.165) is 12.8 Å². The lowest BCUT2D eigenvalue weighted by molar-refractivity contribution is -0.142. The molecule has 0 aliphatic carbocycles. The molecule has 1 aromatic heterocycles. The lowest BCUT2D eigenvalue weighted by atomic mass is 9.89. The number of aromatic nitrogens is 3. The van der Waals surface area contributed by atoms with Crippen LogP contribution in [-0.4, -0.2) is 45.2 Å². The minimum absolute atomic E-state index is 0.0556. The van der Waals surface area contributed by atoms with Crippen molar-refractivity contribution in [2.75, 3.05) is 12.0 Å². The molecule has 3 unspecified atom stereocenters. The van der Waals surface area contributed by atoms with Gasteiger partial charge >= 0.3 is 12.0 Å². The number of hydrogen-bond acceptors (Lipinski definition) is 6.